The van der Waals surface area contributed by atoms with Gasteiger partial charge in [-0.3, -0.25) is 9.48 Å². The molecular formula is C17H12BrCl2N3O. The number of carbonyl (C=O) groups is 1. The molecule has 7 heteroatoms. The number of anilines is 1. The lowest BCUT2D eigenvalue weighted by atomic mass is 10.2. The van der Waals surface area contributed by atoms with Gasteiger partial charge in [-0.1, -0.05) is 57.3 Å². The molecular weight excluding hydrogens is 413 g/mol. The predicted molar refractivity (Wildman–Crippen MR) is 99.9 cm³/mol. The average molecular weight is 425 g/mol. The van der Waals surface area contributed by atoms with E-state index >= 15 is 0 Å². The molecule has 3 aromatic rings. The van der Waals surface area contributed by atoms with Crippen molar-refractivity contribution in [3.63, 3.8) is 0 Å². The maximum atomic E-state index is 12.3. The number of benzene rings is 2. The van der Waals surface area contributed by atoms with Gasteiger partial charge in [-0.05, 0) is 29.8 Å². The molecule has 0 atom stereocenters. The van der Waals surface area contributed by atoms with Gasteiger partial charge >= 0.3 is 0 Å². The summed E-state index contributed by atoms with van der Waals surface area (Å²) in [4.78, 5) is 12.3. The Labute approximate surface area is 157 Å². The topological polar surface area (TPSA) is 46.9 Å². The van der Waals surface area contributed by atoms with Gasteiger partial charge in [0.25, 0.3) is 5.91 Å². The zero-order valence-electron chi connectivity index (χ0n) is 12.3. The van der Waals surface area contributed by atoms with Crippen LogP contribution in [0.25, 0.3) is 0 Å². The van der Waals surface area contributed by atoms with Crippen LogP contribution in [0.3, 0.4) is 0 Å². The highest BCUT2D eigenvalue weighted by atomic mass is 79.9. The fourth-order valence-corrected chi connectivity index (χ4v) is 3.07. The summed E-state index contributed by atoms with van der Waals surface area (Å²) >= 11 is 15.6. The van der Waals surface area contributed by atoms with E-state index in [9.17, 15) is 4.79 Å². The summed E-state index contributed by atoms with van der Waals surface area (Å²) in [7, 11) is 0. The summed E-state index contributed by atoms with van der Waals surface area (Å²) in [5, 5.41) is 8.11. The minimum absolute atomic E-state index is 0.273. The molecule has 0 radical (unpaired) electrons. The Kier molecular flexibility index (Phi) is 5.23. The van der Waals surface area contributed by atoms with Crippen LogP contribution in [-0.2, 0) is 6.54 Å². The molecule has 4 nitrogen and oxygen atoms in total. The zero-order chi connectivity index (χ0) is 17.1. The number of nitrogens with zero attached hydrogens (tertiary/aromatic N) is 2. The van der Waals surface area contributed by atoms with Crippen LogP contribution in [0.2, 0.25) is 10.0 Å². The van der Waals surface area contributed by atoms with Gasteiger partial charge in [0.1, 0.15) is 0 Å². The molecule has 0 aliphatic heterocycles. The maximum Gasteiger partial charge on any atom is 0.258 e. The average Bonchev–Trinajstić information content (AvgIpc) is 3.01. The standard InChI is InChI=1S/C17H12BrCl2N3O/c18-13-5-6-16(15(20)7-13)22-17(24)12-8-21-23(10-12)9-11-3-1-2-4-14(11)19/h1-8,10H,9H2,(H,22,24). The highest BCUT2D eigenvalue weighted by molar-refractivity contribution is 9.10. The molecule has 0 fully saturated rings. The highest BCUT2D eigenvalue weighted by Gasteiger charge is 2.12. The summed E-state index contributed by atoms with van der Waals surface area (Å²) in [5.74, 6) is -0.273. The fourth-order valence-electron chi connectivity index (χ4n) is 2.15. The smallest absolute Gasteiger partial charge is 0.258 e. The van der Waals surface area contributed by atoms with Gasteiger partial charge in [-0.25, -0.2) is 0 Å². The second-order valence-corrected chi connectivity index (χ2v) is 6.83. The molecule has 24 heavy (non-hydrogen) atoms. The van der Waals surface area contributed by atoms with Crippen LogP contribution in [0, 0.1) is 0 Å². The first-order chi connectivity index (χ1) is 11.5. The second kappa shape index (κ2) is 7.38. The molecule has 0 aliphatic carbocycles. The van der Waals surface area contributed by atoms with Crippen LogP contribution in [0.1, 0.15) is 15.9 Å². The molecule has 2 aromatic carbocycles. The van der Waals surface area contributed by atoms with Crippen LogP contribution in [0.4, 0.5) is 5.69 Å². The van der Waals surface area contributed by atoms with Crippen LogP contribution in [0.5, 0.6) is 0 Å². The van der Waals surface area contributed by atoms with Gasteiger partial charge in [-0.2, -0.15) is 5.10 Å². The second-order valence-electron chi connectivity index (χ2n) is 5.10. The summed E-state index contributed by atoms with van der Waals surface area (Å²) in [6, 6.07) is 12.8. The van der Waals surface area contributed by atoms with Crippen molar-refractivity contribution in [3.8, 4) is 0 Å². The molecule has 3 rings (SSSR count). The van der Waals surface area contributed by atoms with Crippen molar-refractivity contribution < 1.29 is 4.79 Å². The van der Waals surface area contributed by atoms with Crippen molar-refractivity contribution in [1.82, 2.24) is 9.78 Å². The Bertz CT molecular complexity index is 895. The number of halogens is 3. The number of amides is 1. The van der Waals surface area contributed by atoms with Crippen molar-refractivity contribution in [1.29, 1.82) is 0 Å². The van der Waals surface area contributed by atoms with Gasteiger partial charge in [0.05, 0.1) is 29.0 Å². The zero-order valence-corrected chi connectivity index (χ0v) is 15.4. The normalized spacial score (nSPS) is 10.6. The number of rotatable bonds is 4. The van der Waals surface area contributed by atoms with E-state index in [0.29, 0.717) is 27.8 Å². The Balaban J connectivity index is 1.73. The number of aromatic nitrogens is 2. The Morgan fingerprint density at radius 1 is 1.17 bits per heavy atom. The van der Waals surface area contributed by atoms with E-state index in [1.54, 1.807) is 23.0 Å². The van der Waals surface area contributed by atoms with E-state index in [1.807, 2.05) is 30.3 Å². The van der Waals surface area contributed by atoms with Crippen LogP contribution >= 0.6 is 39.1 Å². The molecule has 0 bridgehead atoms. The lowest BCUT2D eigenvalue weighted by Crippen LogP contribution is -2.11. The maximum absolute atomic E-state index is 12.3. The third-order valence-electron chi connectivity index (χ3n) is 3.36. The van der Waals surface area contributed by atoms with E-state index in [-0.39, 0.29) is 5.91 Å². The van der Waals surface area contributed by atoms with Crippen molar-refractivity contribution in [2.24, 2.45) is 0 Å². The van der Waals surface area contributed by atoms with Crippen molar-refractivity contribution >= 4 is 50.7 Å². The summed E-state index contributed by atoms with van der Waals surface area (Å²) in [5.41, 5.74) is 1.93. The van der Waals surface area contributed by atoms with Crippen molar-refractivity contribution in [2.45, 2.75) is 6.54 Å². The van der Waals surface area contributed by atoms with Gasteiger partial charge in [0, 0.05) is 15.7 Å². The first kappa shape index (κ1) is 17.0. The number of carbonyl (C=O) groups excluding carboxylic acids is 1. The lowest BCUT2D eigenvalue weighted by Gasteiger charge is -2.06. The van der Waals surface area contributed by atoms with Gasteiger partial charge < -0.3 is 5.32 Å². The Hall–Kier alpha value is -1.82. The minimum Gasteiger partial charge on any atom is -0.321 e. The Morgan fingerprint density at radius 2 is 1.96 bits per heavy atom. The molecule has 1 heterocycles. The molecule has 0 spiro atoms. The number of hydrogen-bond acceptors (Lipinski definition) is 2. The first-order valence-electron chi connectivity index (χ1n) is 7.05. The molecule has 122 valence electrons. The summed E-state index contributed by atoms with van der Waals surface area (Å²) in [6.07, 6.45) is 3.18. The van der Waals surface area contributed by atoms with Crippen LogP contribution < -0.4 is 5.32 Å². The molecule has 1 aromatic heterocycles. The van der Waals surface area contributed by atoms with E-state index in [0.717, 1.165) is 10.0 Å². The van der Waals surface area contributed by atoms with E-state index in [1.165, 1.54) is 6.20 Å². The molecule has 0 saturated carbocycles. The SMILES string of the molecule is O=C(Nc1ccc(Br)cc1Cl)c1cnn(Cc2ccccc2Cl)c1. The number of nitrogens with one attached hydrogen (secondary N) is 1. The van der Waals surface area contributed by atoms with E-state index in [2.05, 4.69) is 26.3 Å². The molecule has 0 saturated heterocycles. The molecule has 0 unspecified atom stereocenters. The summed E-state index contributed by atoms with van der Waals surface area (Å²) in [6.45, 7) is 0.492. The van der Waals surface area contributed by atoms with Crippen molar-refractivity contribution in [2.75, 3.05) is 5.32 Å². The third kappa shape index (κ3) is 3.98. The third-order valence-corrected chi connectivity index (χ3v) is 4.54. The summed E-state index contributed by atoms with van der Waals surface area (Å²) < 4.78 is 2.51. The van der Waals surface area contributed by atoms with Gasteiger partial charge in [0.2, 0.25) is 0 Å². The fraction of sp³-hybridized carbons (Fsp3) is 0.0588. The van der Waals surface area contributed by atoms with Gasteiger partial charge in [0.15, 0.2) is 0 Å². The van der Waals surface area contributed by atoms with E-state index in [4.69, 9.17) is 23.2 Å². The molecule has 1 N–H and O–H groups in total. The quantitative estimate of drug-likeness (QED) is 0.621. The largest absolute Gasteiger partial charge is 0.321 e. The predicted octanol–water partition coefficient (Wildman–Crippen LogP) is 5.25. The van der Waals surface area contributed by atoms with E-state index < -0.39 is 0 Å². The van der Waals surface area contributed by atoms with Crippen LogP contribution in [0.15, 0.2) is 59.3 Å². The van der Waals surface area contributed by atoms with Crippen LogP contribution in [-0.4, -0.2) is 15.7 Å². The van der Waals surface area contributed by atoms with Crippen molar-refractivity contribution in [3.05, 3.63) is 80.5 Å². The lowest BCUT2D eigenvalue weighted by molar-refractivity contribution is 0.102. The molecule has 0 aliphatic rings. The number of hydrogen-bond donors (Lipinski definition) is 1. The minimum atomic E-state index is -0.273. The van der Waals surface area contributed by atoms with Gasteiger partial charge in [-0.15, -0.1) is 0 Å². The Morgan fingerprint density at radius 3 is 2.71 bits per heavy atom. The molecule has 1 amide bonds. The first-order valence-corrected chi connectivity index (χ1v) is 8.60. The monoisotopic (exact) mass is 423 g/mol. The highest BCUT2D eigenvalue weighted by Crippen LogP contribution is 2.26.